The molecule has 1 amide bonds. The van der Waals surface area contributed by atoms with Crippen LogP contribution in [0.5, 0.6) is 0 Å². The van der Waals surface area contributed by atoms with E-state index in [1.165, 1.54) is 7.11 Å². The van der Waals surface area contributed by atoms with Crippen LogP contribution < -0.4 is 0 Å². The molecular formula is C12H13NO3. The van der Waals surface area contributed by atoms with Crippen molar-refractivity contribution in [1.29, 1.82) is 0 Å². The lowest BCUT2D eigenvalue weighted by Crippen LogP contribution is -2.56. The van der Waals surface area contributed by atoms with E-state index in [0.717, 1.165) is 5.56 Å². The van der Waals surface area contributed by atoms with Crippen LogP contribution in [-0.4, -0.2) is 30.9 Å². The van der Waals surface area contributed by atoms with E-state index < -0.39 is 11.9 Å². The van der Waals surface area contributed by atoms with E-state index in [2.05, 4.69) is 4.74 Å². The number of ether oxygens (including phenoxy) is 1. The monoisotopic (exact) mass is 219 g/mol. The molecule has 0 unspecified atom stereocenters. The van der Waals surface area contributed by atoms with Crippen LogP contribution in [0.2, 0.25) is 0 Å². The van der Waals surface area contributed by atoms with E-state index >= 15 is 0 Å². The van der Waals surface area contributed by atoms with Gasteiger partial charge in [-0.1, -0.05) is 30.3 Å². The minimum Gasteiger partial charge on any atom is -0.468 e. The number of β-lactam (4-membered cyclic amide) rings is 1. The molecule has 0 bridgehead atoms. The molecule has 1 heterocycles. The zero-order valence-corrected chi connectivity index (χ0v) is 9.21. The highest BCUT2D eigenvalue weighted by Crippen LogP contribution is 2.39. The van der Waals surface area contributed by atoms with E-state index in [9.17, 15) is 9.59 Å². The van der Waals surface area contributed by atoms with Crippen molar-refractivity contribution < 1.29 is 14.3 Å². The molecule has 0 spiro atoms. The van der Waals surface area contributed by atoms with Crippen LogP contribution >= 0.6 is 0 Å². The molecular weight excluding hydrogens is 206 g/mol. The van der Waals surface area contributed by atoms with Gasteiger partial charge in [0.25, 0.3) is 0 Å². The number of amides is 1. The fourth-order valence-corrected chi connectivity index (χ4v) is 2.06. The van der Waals surface area contributed by atoms with Gasteiger partial charge in [0.15, 0.2) is 5.92 Å². The standard InChI is InChI=1S/C12H13NO3/c1-13-10(8-6-4-3-5-7-8)9(11(13)14)12(15)16-2/h3-7,9-10H,1-2H3/t9-,10+/m1/s1. The Balaban J connectivity index is 2.27. The number of likely N-dealkylation sites (tertiary alicyclic amines) is 1. The molecule has 1 aliphatic rings. The second kappa shape index (κ2) is 3.96. The largest absolute Gasteiger partial charge is 0.468 e. The smallest absolute Gasteiger partial charge is 0.320 e. The van der Waals surface area contributed by atoms with Crippen molar-refractivity contribution in [2.45, 2.75) is 6.04 Å². The Morgan fingerprint density at radius 3 is 2.50 bits per heavy atom. The van der Waals surface area contributed by atoms with Crippen molar-refractivity contribution in [3.8, 4) is 0 Å². The summed E-state index contributed by atoms with van der Waals surface area (Å²) in [5, 5.41) is 0. The number of hydrogen-bond donors (Lipinski definition) is 0. The number of rotatable bonds is 2. The fourth-order valence-electron chi connectivity index (χ4n) is 2.06. The van der Waals surface area contributed by atoms with Crippen LogP contribution in [0.15, 0.2) is 30.3 Å². The third kappa shape index (κ3) is 1.46. The third-order valence-corrected chi connectivity index (χ3v) is 2.94. The normalized spacial score (nSPS) is 23.9. The molecule has 0 aliphatic carbocycles. The Kier molecular flexibility index (Phi) is 2.64. The number of carbonyl (C=O) groups is 2. The highest BCUT2D eigenvalue weighted by atomic mass is 16.5. The molecule has 4 heteroatoms. The second-order valence-electron chi connectivity index (χ2n) is 3.81. The number of methoxy groups -OCH3 is 1. The summed E-state index contributed by atoms with van der Waals surface area (Å²) in [7, 11) is 3.00. The lowest BCUT2D eigenvalue weighted by atomic mass is 9.83. The number of nitrogens with zero attached hydrogens (tertiary/aromatic N) is 1. The van der Waals surface area contributed by atoms with Gasteiger partial charge in [0.05, 0.1) is 13.2 Å². The summed E-state index contributed by atoms with van der Waals surface area (Å²) >= 11 is 0. The Hall–Kier alpha value is -1.84. The molecule has 4 nitrogen and oxygen atoms in total. The third-order valence-electron chi connectivity index (χ3n) is 2.94. The number of benzene rings is 1. The van der Waals surface area contributed by atoms with Crippen molar-refractivity contribution in [3.05, 3.63) is 35.9 Å². The maximum Gasteiger partial charge on any atom is 0.320 e. The predicted octanol–water partition coefficient (Wildman–Crippen LogP) is 0.989. The van der Waals surface area contributed by atoms with E-state index in [4.69, 9.17) is 0 Å². The maximum atomic E-state index is 11.6. The molecule has 0 N–H and O–H groups in total. The average molecular weight is 219 g/mol. The summed E-state index contributed by atoms with van der Waals surface area (Å²) in [6.07, 6.45) is 0. The van der Waals surface area contributed by atoms with Gasteiger partial charge in [-0.2, -0.15) is 0 Å². The molecule has 2 atom stereocenters. The minimum atomic E-state index is -0.683. The first kappa shape index (κ1) is 10.7. The first-order chi connectivity index (χ1) is 7.66. The lowest BCUT2D eigenvalue weighted by Gasteiger charge is -2.43. The van der Waals surface area contributed by atoms with Crippen LogP contribution in [-0.2, 0) is 14.3 Å². The SMILES string of the molecule is COC(=O)[C@H]1C(=O)N(C)[C@H]1c1ccccc1. The summed E-state index contributed by atoms with van der Waals surface area (Å²) < 4.78 is 4.64. The van der Waals surface area contributed by atoms with Gasteiger partial charge in [-0.15, -0.1) is 0 Å². The average Bonchev–Trinajstić information content (AvgIpc) is 2.34. The fraction of sp³-hybridized carbons (Fsp3) is 0.333. The summed E-state index contributed by atoms with van der Waals surface area (Å²) in [4.78, 5) is 24.6. The molecule has 1 saturated heterocycles. The number of esters is 1. The van der Waals surface area contributed by atoms with E-state index in [-0.39, 0.29) is 11.9 Å². The summed E-state index contributed by atoms with van der Waals surface area (Å²) in [6, 6.07) is 9.30. The van der Waals surface area contributed by atoms with Crippen molar-refractivity contribution in [2.24, 2.45) is 5.92 Å². The van der Waals surface area contributed by atoms with E-state index in [0.29, 0.717) is 0 Å². The molecule has 0 saturated carbocycles. The summed E-state index contributed by atoms with van der Waals surface area (Å²) in [6.45, 7) is 0. The molecule has 1 fully saturated rings. The Labute approximate surface area is 93.8 Å². The zero-order valence-electron chi connectivity index (χ0n) is 9.21. The Morgan fingerprint density at radius 1 is 1.31 bits per heavy atom. The quantitative estimate of drug-likeness (QED) is 0.423. The van der Waals surface area contributed by atoms with Gasteiger partial charge in [0, 0.05) is 7.05 Å². The van der Waals surface area contributed by atoms with Gasteiger partial charge < -0.3 is 9.64 Å². The molecule has 2 rings (SSSR count). The number of hydrogen-bond acceptors (Lipinski definition) is 3. The predicted molar refractivity (Wildman–Crippen MR) is 57.5 cm³/mol. The molecule has 0 radical (unpaired) electrons. The first-order valence-corrected chi connectivity index (χ1v) is 5.06. The molecule has 1 aromatic rings. The van der Waals surface area contributed by atoms with Gasteiger partial charge in [-0.3, -0.25) is 9.59 Å². The Morgan fingerprint density at radius 2 is 1.94 bits per heavy atom. The molecule has 84 valence electrons. The van der Waals surface area contributed by atoms with Crippen LogP contribution in [0.1, 0.15) is 11.6 Å². The molecule has 16 heavy (non-hydrogen) atoms. The topological polar surface area (TPSA) is 46.6 Å². The second-order valence-corrected chi connectivity index (χ2v) is 3.81. The van der Waals surface area contributed by atoms with Gasteiger partial charge >= 0.3 is 5.97 Å². The molecule has 1 aliphatic heterocycles. The van der Waals surface area contributed by atoms with E-state index in [1.807, 2.05) is 30.3 Å². The van der Waals surface area contributed by atoms with Crippen molar-refractivity contribution in [1.82, 2.24) is 4.90 Å². The van der Waals surface area contributed by atoms with Crippen molar-refractivity contribution >= 4 is 11.9 Å². The van der Waals surface area contributed by atoms with Crippen LogP contribution in [0.4, 0.5) is 0 Å². The van der Waals surface area contributed by atoms with Crippen molar-refractivity contribution in [3.63, 3.8) is 0 Å². The van der Waals surface area contributed by atoms with E-state index in [1.54, 1.807) is 11.9 Å². The van der Waals surface area contributed by atoms with Gasteiger partial charge in [-0.25, -0.2) is 0 Å². The lowest BCUT2D eigenvalue weighted by molar-refractivity contribution is -0.170. The molecule has 1 aromatic carbocycles. The zero-order chi connectivity index (χ0) is 11.7. The summed E-state index contributed by atoms with van der Waals surface area (Å²) in [5.74, 6) is -1.32. The highest BCUT2D eigenvalue weighted by molar-refractivity contribution is 6.03. The van der Waals surface area contributed by atoms with Gasteiger partial charge in [0.1, 0.15) is 0 Å². The number of carbonyl (C=O) groups excluding carboxylic acids is 2. The minimum absolute atomic E-state index is 0.180. The molecule has 0 aromatic heterocycles. The highest BCUT2D eigenvalue weighted by Gasteiger charge is 2.51. The Bertz CT molecular complexity index is 408. The maximum absolute atomic E-state index is 11.6. The van der Waals surface area contributed by atoms with Gasteiger partial charge in [-0.05, 0) is 5.56 Å². The van der Waals surface area contributed by atoms with Crippen LogP contribution in [0.25, 0.3) is 0 Å². The van der Waals surface area contributed by atoms with Gasteiger partial charge in [0.2, 0.25) is 5.91 Å². The summed E-state index contributed by atoms with van der Waals surface area (Å²) in [5.41, 5.74) is 0.958. The van der Waals surface area contributed by atoms with Crippen molar-refractivity contribution in [2.75, 3.05) is 14.2 Å². The van der Waals surface area contributed by atoms with Crippen LogP contribution in [0.3, 0.4) is 0 Å². The first-order valence-electron chi connectivity index (χ1n) is 5.06. The van der Waals surface area contributed by atoms with Crippen LogP contribution in [0, 0.1) is 5.92 Å².